The van der Waals surface area contributed by atoms with E-state index in [-0.39, 0.29) is 5.60 Å². The predicted molar refractivity (Wildman–Crippen MR) is 61.5 cm³/mol. The molecule has 0 amide bonds. The van der Waals surface area contributed by atoms with Crippen molar-refractivity contribution in [3.63, 3.8) is 0 Å². The average Bonchev–Trinajstić information content (AvgIpc) is 2.79. The number of hydrogen-bond acceptors (Lipinski definition) is 2. The Balaban J connectivity index is 2.41. The molecule has 2 heteroatoms. The Bertz CT molecular complexity index is 329. The number of hydrogen-bond donors (Lipinski definition) is 1. The van der Waals surface area contributed by atoms with E-state index in [1.807, 2.05) is 13.2 Å². The summed E-state index contributed by atoms with van der Waals surface area (Å²) in [5, 5.41) is 0. The van der Waals surface area contributed by atoms with Crippen molar-refractivity contribution in [1.29, 1.82) is 0 Å². The van der Waals surface area contributed by atoms with E-state index < -0.39 is 0 Å². The van der Waals surface area contributed by atoms with Gasteiger partial charge in [0.05, 0.1) is 5.60 Å². The van der Waals surface area contributed by atoms with Crippen LogP contribution in [-0.4, -0.2) is 7.11 Å². The second-order valence-corrected chi connectivity index (χ2v) is 4.27. The Morgan fingerprint density at radius 3 is 2.53 bits per heavy atom. The van der Waals surface area contributed by atoms with Crippen LogP contribution in [0.2, 0.25) is 0 Å². The van der Waals surface area contributed by atoms with Crippen molar-refractivity contribution < 1.29 is 4.74 Å². The van der Waals surface area contributed by atoms with Crippen LogP contribution < -0.4 is 5.73 Å². The van der Waals surface area contributed by atoms with Crippen molar-refractivity contribution in [3.8, 4) is 0 Å². The fraction of sp³-hybridized carbons (Fsp3) is 0.538. The molecule has 2 N–H and O–H groups in total. The van der Waals surface area contributed by atoms with Gasteiger partial charge in [-0.3, -0.25) is 0 Å². The Labute approximate surface area is 91.4 Å². The molecular weight excluding hydrogens is 186 g/mol. The van der Waals surface area contributed by atoms with Crippen LogP contribution in [0.25, 0.3) is 0 Å². The molecule has 1 aromatic rings. The number of nitrogens with two attached hydrogens (primary N) is 1. The Kier molecular flexibility index (Phi) is 3.08. The Morgan fingerprint density at radius 1 is 1.27 bits per heavy atom. The molecule has 0 heterocycles. The van der Waals surface area contributed by atoms with Crippen LogP contribution in [0.5, 0.6) is 0 Å². The quantitative estimate of drug-likeness (QED) is 0.823. The molecule has 0 aromatic heterocycles. The van der Waals surface area contributed by atoms with Gasteiger partial charge in [-0.05, 0) is 24.0 Å². The number of ether oxygens (including phenoxy) is 1. The highest BCUT2D eigenvalue weighted by Crippen LogP contribution is 2.42. The summed E-state index contributed by atoms with van der Waals surface area (Å²) in [6.07, 6.45) is 4.76. The van der Waals surface area contributed by atoms with Gasteiger partial charge in [0.25, 0.3) is 0 Å². The van der Waals surface area contributed by atoms with E-state index in [4.69, 9.17) is 10.5 Å². The molecule has 2 rings (SSSR count). The lowest BCUT2D eigenvalue weighted by Gasteiger charge is -2.30. The molecule has 0 aliphatic heterocycles. The minimum Gasteiger partial charge on any atom is -0.374 e. The summed E-state index contributed by atoms with van der Waals surface area (Å²) < 4.78 is 5.77. The smallest absolute Gasteiger partial charge is 0.0930 e. The van der Waals surface area contributed by atoms with Gasteiger partial charge in [-0.1, -0.05) is 37.1 Å². The maximum Gasteiger partial charge on any atom is 0.0930 e. The van der Waals surface area contributed by atoms with Gasteiger partial charge >= 0.3 is 0 Å². The van der Waals surface area contributed by atoms with Gasteiger partial charge in [-0.15, -0.1) is 0 Å². The van der Waals surface area contributed by atoms with Gasteiger partial charge in [-0.2, -0.15) is 0 Å². The molecule has 1 aliphatic carbocycles. The van der Waals surface area contributed by atoms with Crippen LogP contribution in [0.3, 0.4) is 0 Å². The van der Waals surface area contributed by atoms with Crippen molar-refractivity contribution >= 4 is 0 Å². The highest BCUT2D eigenvalue weighted by atomic mass is 16.5. The van der Waals surface area contributed by atoms with Crippen LogP contribution >= 0.6 is 0 Å². The van der Waals surface area contributed by atoms with E-state index in [2.05, 4.69) is 18.2 Å². The second-order valence-electron chi connectivity index (χ2n) is 4.27. The van der Waals surface area contributed by atoms with E-state index >= 15 is 0 Å². The number of rotatable bonds is 3. The molecule has 0 bridgehead atoms. The molecule has 0 saturated heterocycles. The lowest BCUT2D eigenvalue weighted by Crippen LogP contribution is -2.26. The molecule has 1 aromatic carbocycles. The first-order valence-electron chi connectivity index (χ1n) is 5.66. The van der Waals surface area contributed by atoms with Crippen LogP contribution in [0.4, 0.5) is 0 Å². The van der Waals surface area contributed by atoms with Crippen molar-refractivity contribution in [2.45, 2.75) is 37.8 Å². The summed E-state index contributed by atoms with van der Waals surface area (Å²) in [5.41, 5.74) is 8.24. The monoisotopic (exact) mass is 205 g/mol. The number of methoxy groups -OCH3 is 1. The Morgan fingerprint density at radius 2 is 1.93 bits per heavy atom. The average molecular weight is 205 g/mol. The molecule has 1 aliphatic rings. The molecule has 1 saturated carbocycles. The highest BCUT2D eigenvalue weighted by molar-refractivity contribution is 5.33. The van der Waals surface area contributed by atoms with Crippen molar-refractivity contribution in [2.24, 2.45) is 5.73 Å². The molecule has 0 unspecified atom stereocenters. The third-order valence-corrected chi connectivity index (χ3v) is 3.53. The van der Waals surface area contributed by atoms with Gasteiger partial charge in [0.15, 0.2) is 0 Å². The maximum absolute atomic E-state index is 5.78. The fourth-order valence-electron chi connectivity index (χ4n) is 2.67. The molecule has 2 nitrogen and oxygen atoms in total. The maximum atomic E-state index is 5.78. The normalized spacial score (nSPS) is 19.3. The first-order chi connectivity index (χ1) is 7.32. The largest absolute Gasteiger partial charge is 0.374 e. The molecule has 82 valence electrons. The summed E-state index contributed by atoms with van der Waals surface area (Å²) in [5.74, 6) is 0. The topological polar surface area (TPSA) is 35.2 Å². The van der Waals surface area contributed by atoms with Crippen LogP contribution in [0.15, 0.2) is 24.3 Å². The summed E-state index contributed by atoms with van der Waals surface area (Å²) in [6.45, 7) is 0.598. The van der Waals surface area contributed by atoms with Crippen LogP contribution in [-0.2, 0) is 16.9 Å². The van der Waals surface area contributed by atoms with Gasteiger partial charge in [0.2, 0.25) is 0 Å². The van der Waals surface area contributed by atoms with E-state index in [1.54, 1.807) is 0 Å². The molecule has 0 spiro atoms. The zero-order valence-corrected chi connectivity index (χ0v) is 9.33. The van der Waals surface area contributed by atoms with Crippen molar-refractivity contribution in [3.05, 3.63) is 35.4 Å². The minimum absolute atomic E-state index is 0.0596. The third-order valence-electron chi connectivity index (χ3n) is 3.53. The van der Waals surface area contributed by atoms with Gasteiger partial charge < -0.3 is 10.5 Å². The zero-order chi connectivity index (χ0) is 10.7. The first kappa shape index (κ1) is 10.7. The molecule has 1 fully saturated rings. The molecular formula is C13H19NO. The standard InChI is InChI=1S/C13H19NO/c1-15-13(8-4-5-9-13)12-7-3-2-6-11(12)10-14/h2-3,6-7H,4-5,8-10,14H2,1H3. The van der Waals surface area contributed by atoms with E-state index in [1.165, 1.54) is 24.0 Å². The molecule has 15 heavy (non-hydrogen) atoms. The zero-order valence-electron chi connectivity index (χ0n) is 9.33. The third kappa shape index (κ3) is 1.80. The van der Waals surface area contributed by atoms with Gasteiger partial charge in [-0.25, -0.2) is 0 Å². The lowest BCUT2D eigenvalue weighted by molar-refractivity contribution is -0.00939. The highest BCUT2D eigenvalue weighted by Gasteiger charge is 2.36. The van der Waals surface area contributed by atoms with E-state index in [0.717, 1.165) is 12.8 Å². The molecule has 0 atom stereocenters. The van der Waals surface area contributed by atoms with E-state index in [9.17, 15) is 0 Å². The number of benzene rings is 1. The summed E-state index contributed by atoms with van der Waals surface area (Å²) in [6, 6.07) is 8.39. The minimum atomic E-state index is -0.0596. The van der Waals surface area contributed by atoms with Crippen molar-refractivity contribution in [2.75, 3.05) is 7.11 Å². The SMILES string of the molecule is COC1(c2ccccc2CN)CCCC1. The van der Waals surface area contributed by atoms with Crippen LogP contribution in [0.1, 0.15) is 36.8 Å². The molecule has 0 radical (unpaired) electrons. The second kappa shape index (κ2) is 4.33. The Hall–Kier alpha value is -0.860. The van der Waals surface area contributed by atoms with Gasteiger partial charge in [0.1, 0.15) is 0 Å². The van der Waals surface area contributed by atoms with E-state index in [0.29, 0.717) is 6.54 Å². The van der Waals surface area contributed by atoms with Gasteiger partial charge in [0, 0.05) is 13.7 Å². The fourth-order valence-corrected chi connectivity index (χ4v) is 2.67. The summed E-state index contributed by atoms with van der Waals surface area (Å²) in [4.78, 5) is 0. The summed E-state index contributed by atoms with van der Waals surface area (Å²) in [7, 11) is 1.82. The van der Waals surface area contributed by atoms with Crippen molar-refractivity contribution in [1.82, 2.24) is 0 Å². The van der Waals surface area contributed by atoms with Crippen LogP contribution in [0, 0.1) is 0 Å². The summed E-state index contributed by atoms with van der Waals surface area (Å²) >= 11 is 0. The predicted octanol–water partition coefficient (Wildman–Crippen LogP) is 2.56. The first-order valence-corrected chi connectivity index (χ1v) is 5.66. The lowest BCUT2D eigenvalue weighted by atomic mass is 9.88.